The van der Waals surface area contributed by atoms with Crippen LogP contribution in [0.2, 0.25) is 0 Å². The van der Waals surface area contributed by atoms with Gasteiger partial charge in [-0.05, 0) is 49.6 Å². The third-order valence-corrected chi connectivity index (χ3v) is 3.94. The first kappa shape index (κ1) is 16.0. The number of nitrogens with one attached hydrogen (secondary N) is 2. The Morgan fingerprint density at radius 2 is 1.86 bits per heavy atom. The smallest absolute Gasteiger partial charge is 0.319 e. The Balaban J connectivity index is 2.13. The lowest BCUT2D eigenvalue weighted by Gasteiger charge is -2.30. The number of hydrogen-bond donors (Lipinski definition) is 2. The van der Waals surface area contributed by atoms with Crippen molar-refractivity contribution in [3.05, 3.63) is 65.5 Å². The summed E-state index contributed by atoms with van der Waals surface area (Å²) in [7, 11) is 0. The predicted octanol–water partition coefficient (Wildman–Crippen LogP) is 4.58. The van der Waals surface area contributed by atoms with Crippen LogP contribution in [0.5, 0.6) is 0 Å². The Hall–Kier alpha value is -2.36. The Bertz CT molecular complexity index is 657. The Labute approximate surface area is 130 Å². The number of carbonyl (C=O) groups excluding carboxylic acids is 1. The summed E-state index contributed by atoms with van der Waals surface area (Å²) in [5, 5.41) is 5.79. The second-order valence-electron chi connectivity index (χ2n) is 5.59. The number of anilines is 1. The van der Waals surface area contributed by atoms with Gasteiger partial charge in [-0.2, -0.15) is 0 Å². The van der Waals surface area contributed by atoms with Crippen molar-refractivity contribution in [3.63, 3.8) is 0 Å². The van der Waals surface area contributed by atoms with Crippen molar-refractivity contribution in [2.45, 2.75) is 32.7 Å². The van der Waals surface area contributed by atoms with Gasteiger partial charge in [-0.25, -0.2) is 9.18 Å². The Morgan fingerprint density at radius 3 is 2.45 bits per heavy atom. The fraction of sp³-hybridized carbons (Fsp3) is 0.278. The first-order valence-electron chi connectivity index (χ1n) is 7.35. The van der Waals surface area contributed by atoms with Gasteiger partial charge in [-0.15, -0.1) is 0 Å². The number of aryl methyl sites for hydroxylation is 1. The molecule has 0 fully saturated rings. The minimum absolute atomic E-state index is 0.303. The number of urea groups is 1. The van der Waals surface area contributed by atoms with Crippen molar-refractivity contribution in [1.82, 2.24) is 5.32 Å². The molecule has 0 aliphatic carbocycles. The molecule has 1 atom stereocenters. The zero-order valence-corrected chi connectivity index (χ0v) is 13.1. The van der Waals surface area contributed by atoms with Crippen LogP contribution in [-0.4, -0.2) is 6.03 Å². The van der Waals surface area contributed by atoms with Crippen molar-refractivity contribution in [2.24, 2.45) is 0 Å². The topological polar surface area (TPSA) is 41.1 Å². The third-order valence-electron chi connectivity index (χ3n) is 3.94. The van der Waals surface area contributed by atoms with Gasteiger partial charge in [0.05, 0.1) is 5.54 Å². The monoisotopic (exact) mass is 300 g/mol. The van der Waals surface area contributed by atoms with Gasteiger partial charge in [0, 0.05) is 5.69 Å². The van der Waals surface area contributed by atoms with E-state index >= 15 is 0 Å². The molecule has 3 nitrogen and oxygen atoms in total. The third kappa shape index (κ3) is 3.64. The quantitative estimate of drug-likeness (QED) is 0.852. The molecule has 2 aromatic carbocycles. The molecule has 2 rings (SSSR count). The molecule has 1 unspecified atom stereocenters. The largest absolute Gasteiger partial charge is 0.329 e. The van der Waals surface area contributed by atoms with Gasteiger partial charge in [0.2, 0.25) is 0 Å². The fourth-order valence-corrected chi connectivity index (χ4v) is 2.34. The summed E-state index contributed by atoms with van der Waals surface area (Å²) < 4.78 is 13.1. The number of hydrogen-bond acceptors (Lipinski definition) is 1. The maximum atomic E-state index is 13.1. The molecule has 0 spiro atoms. The van der Waals surface area contributed by atoms with Crippen molar-refractivity contribution in [2.75, 3.05) is 5.32 Å². The van der Waals surface area contributed by atoms with E-state index in [1.54, 1.807) is 13.0 Å². The fourth-order valence-electron chi connectivity index (χ4n) is 2.34. The zero-order chi connectivity index (χ0) is 16.2. The summed E-state index contributed by atoms with van der Waals surface area (Å²) in [6, 6.07) is 13.8. The molecule has 22 heavy (non-hydrogen) atoms. The number of amides is 2. The van der Waals surface area contributed by atoms with E-state index in [0.29, 0.717) is 11.3 Å². The molecule has 0 aliphatic heterocycles. The van der Waals surface area contributed by atoms with Gasteiger partial charge in [0.25, 0.3) is 0 Å². The normalized spacial score (nSPS) is 13.3. The van der Waals surface area contributed by atoms with Gasteiger partial charge >= 0.3 is 6.03 Å². The number of carbonyl (C=O) groups is 1. The molecule has 0 radical (unpaired) electrons. The summed E-state index contributed by atoms with van der Waals surface area (Å²) in [6.45, 7) is 5.77. The Morgan fingerprint density at radius 1 is 1.18 bits per heavy atom. The first-order chi connectivity index (χ1) is 10.4. The van der Waals surface area contributed by atoms with Crippen molar-refractivity contribution in [3.8, 4) is 0 Å². The van der Waals surface area contributed by atoms with Gasteiger partial charge in [-0.1, -0.05) is 37.3 Å². The van der Waals surface area contributed by atoms with Gasteiger partial charge < -0.3 is 10.6 Å². The summed E-state index contributed by atoms with van der Waals surface area (Å²) in [5.41, 5.74) is 1.88. The molecule has 2 amide bonds. The van der Waals surface area contributed by atoms with E-state index in [0.717, 1.165) is 12.0 Å². The zero-order valence-electron chi connectivity index (χ0n) is 13.1. The lowest BCUT2D eigenvalue weighted by Crippen LogP contribution is -2.45. The summed E-state index contributed by atoms with van der Waals surface area (Å²) >= 11 is 0. The van der Waals surface area contributed by atoms with Crippen LogP contribution in [0.1, 0.15) is 31.4 Å². The van der Waals surface area contributed by atoms with E-state index < -0.39 is 5.54 Å². The minimum Gasteiger partial charge on any atom is -0.329 e. The molecule has 2 N–H and O–H groups in total. The molecule has 0 bridgehead atoms. The summed E-state index contributed by atoms with van der Waals surface area (Å²) in [5.74, 6) is -0.314. The summed E-state index contributed by atoms with van der Waals surface area (Å²) in [4.78, 5) is 12.3. The number of halogens is 1. The lowest BCUT2D eigenvalue weighted by molar-refractivity contribution is 0.238. The maximum absolute atomic E-state index is 13.1. The second-order valence-corrected chi connectivity index (χ2v) is 5.59. The standard InChI is InChI=1S/C18H21FN2O/c1-4-18(3,14-8-6-5-7-9-14)21-17(22)20-16-11-10-15(19)12-13(16)2/h5-12H,4H2,1-3H3,(H2,20,21,22). The number of benzene rings is 2. The highest BCUT2D eigenvalue weighted by Crippen LogP contribution is 2.24. The van der Waals surface area contributed by atoms with Crippen LogP contribution in [0.25, 0.3) is 0 Å². The lowest BCUT2D eigenvalue weighted by atomic mass is 9.89. The second kappa shape index (κ2) is 6.60. The molecule has 2 aromatic rings. The highest BCUT2D eigenvalue weighted by molar-refractivity contribution is 5.90. The highest BCUT2D eigenvalue weighted by Gasteiger charge is 2.26. The van der Waals surface area contributed by atoms with Crippen LogP contribution in [0.15, 0.2) is 48.5 Å². The van der Waals surface area contributed by atoms with Crippen molar-refractivity contribution in [1.29, 1.82) is 0 Å². The Kier molecular flexibility index (Phi) is 4.81. The molecular weight excluding hydrogens is 279 g/mol. The minimum atomic E-state index is -0.459. The molecule has 116 valence electrons. The van der Waals surface area contributed by atoms with Crippen molar-refractivity contribution >= 4 is 11.7 Å². The van der Waals surface area contributed by atoms with E-state index in [1.165, 1.54) is 12.1 Å². The highest BCUT2D eigenvalue weighted by atomic mass is 19.1. The molecule has 0 aromatic heterocycles. The van der Waals surface area contributed by atoms with E-state index in [-0.39, 0.29) is 11.8 Å². The van der Waals surface area contributed by atoms with Crippen LogP contribution >= 0.6 is 0 Å². The molecule has 0 aliphatic rings. The average Bonchev–Trinajstić information content (AvgIpc) is 2.51. The first-order valence-corrected chi connectivity index (χ1v) is 7.35. The average molecular weight is 300 g/mol. The molecule has 0 saturated heterocycles. The van der Waals surface area contributed by atoms with E-state index in [4.69, 9.17) is 0 Å². The maximum Gasteiger partial charge on any atom is 0.319 e. The molecular formula is C18H21FN2O. The van der Waals surface area contributed by atoms with Gasteiger partial charge in [0.15, 0.2) is 0 Å². The van der Waals surface area contributed by atoms with Gasteiger partial charge in [0.1, 0.15) is 5.82 Å². The van der Waals surface area contributed by atoms with Crippen LogP contribution in [0.3, 0.4) is 0 Å². The van der Waals surface area contributed by atoms with Crippen molar-refractivity contribution < 1.29 is 9.18 Å². The van der Waals surface area contributed by atoms with Crippen LogP contribution in [0.4, 0.5) is 14.9 Å². The van der Waals surface area contributed by atoms with E-state index in [2.05, 4.69) is 10.6 Å². The number of rotatable bonds is 4. The van der Waals surface area contributed by atoms with E-state index in [1.807, 2.05) is 44.2 Å². The molecule has 0 saturated carbocycles. The summed E-state index contributed by atoms with van der Waals surface area (Å²) in [6.07, 6.45) is 0.757. The predicted molar refractivity (Wildman–Crippen MR) is 87.4 cm³/mol. The van der Waals surface area contributed by atoms with Crippen LogP contribution < -0.4 is 10.6 Å². The van der Waals surface area contributed by atoms with Crippen LogP contribution in [0, 0.1) is 12.7 Å². The SMILES string of the molecule is CCC(C)(NC(=O)Nc1ccc(F)cc1C)c1ccccc1. The van der Waals surface area contributed by atoms with Crippen LogP contribution in [-0.2, 0) is 5.54 Å². The molecule has 4 heteroatoms. The molecule has 0 heterocycles. The van der Waals surface area contributed by atoms with E-state index in [9.17, 15) is 9.18 Å². The van der Waals surface area contributed by atoms with Gasteiger partial charge in [-0.3, -0.25) is 0 Å².